The monoisotopic (exact) mass is 984 g/mol. The first-order valence-electron chi connectivity index (χ1n) is 3.20. The van der Waals surface area contributed by atoms with Gasteiger partial charge in [0.15, 0.2) is 0 Å². The second-order valence-corrected chi connectivity index (χ2v) is 17.7. The van der Waals surface area contributed by atoms with E-state index in [0.717, 1.165) is 6.42 Å². The maximum absolute atomic E-state index is 5.61. The van der Waals surface area contributed by atoms with E-state index in [9.17, 15) is 0 Å². The summed E-state index contributed by atoms with van der Waals surface area (Å²) in [4.78, 5) is 0. The van der Waals surface area contributed by atoms with Crippen LogP contribution in [0.1, 0.15) is 6.42 Å². The van der Waals surface area contributed by atoms with Crippen molar-refractivity contribution in [2.24, 2.45) is 5.73 Å². The summed E-state index contributed by atoms with van der Waals surface area (Å²) in [6.07, 6.45) is 0.964. The van der Waals surface area contributed by atoms with Crippen molar-refractivity contribution in [1.82, 2.24) is 4.44 Å². The van der Waals surface area contributed by atoms with Crippen molar-refractivity contribution in [3.63, 3.8) is 0 Å². The zero-order valence-electron chi connectivity index (χ0n) is 6.53. The summed E-state index contributed by atoms with van der Waals surface area (Å²) in [6.45, 7) is 0.706. The summed E-state index contributed by atoms with van der Waals surface area (Å²) >= 11 is 16.7. The summed E-state index contributed by atoms with van der Waals surface area (Å²) in [7, 11) is 0. The normalized spacial score (nSPS) is 14.1. The van der Waals surface area contributed by atoms with Crippen molar-refractivity contribution in [3.8, 4) is 0 Å². The van der Waals surface area contributed by atoms with Crippen molar-refractivity contribution in [2.45, 2.75) is 9.65 Å². The molecule has 0 atom stereocenters. The van der Waals surface area contributed by atoms with Gasteiger partial charge in [0.25, 0.3) is 0 Å². The van der Waals surface area contributed by atoms with Crippen LogP contribution in [-0.4, -0.2) is 14.2 Å². The smallest absolute Gasteiger partial charge is 0.206 e. The molecule has 2 N–H and O–H groups in total. The molecule has 0 bridgehead atoms. The predicted octanol–water partition coefficient (Wildman–Crippen LogP) is 4.99. The van der Waals surface area contributed by atoms with E-state index in [0.29, 0.717) is 6.54 Å². The van der Waals surface area contributed by atoms with Crippen LogP contribution < -0.4 is 5.73 Å². The standard InChI is InChI=1S/C4H6I7N3/c5-3(6,1-2-12)13(9)4(7,8)14(10)11/h1-2,12H2. The average molecular weight is 984 g/mol. The molecule has 3 nitrogen and oxygen atoms in total. The Bertz CT molecular complexity index is 184. The molecule has 0 unspecified atom stereocenters. The highest BCUT2D eigenvalue weighted by molar-refractivity contribution is 14.2. The lowest BCUT2D eigenvalue weighted by molar-refractivity contribution is 0.404. The van der Waals surface area contributed by atoms with Crippen molar-refractivity contribution >= 4 is 159 Å². The number of nitrogens with two attached hydrogens (primary N) is 1. The molecule has 0 saturated carbocycles. The summed E-state index contributed by atoms with van der Waals surface area (Å²) in [6, 6.07) is 0. The number of rotatable bonds is 5. The van der Waals surface area contributed by atoms with E-state index in [2.05, 4.69) is 163 Å². The molecule has 0 aromatic rings. The minimum atomic E-state index is -0.0608. The largest absolute Gasteiger partial charge is 0.330 e. The van der Waals surface area contributed by atoms with Gasteiger partial charge in [-0.2, -0.15) is 3.11 Å². The van der Waals surface area contributed by atoms with E-state index in [1.54, 1.807) is 0 Å². The zero-order valence-corrected chi connectivity index (χ0v) is 21.6. The third-order valence-electron chi connectivity index (χ3n) is 1.17. The van der Waals surface area contributed by atoms with Crippen molar-refractivity contribution < 1.29 is 0 Å². The van der Waals surface area contributed by atoms with Gasteiger partial charge in [-0.05, 0) is 103 Å². The molecule has 0 amide bonds. The average Bonchev–Trinajstić information content (AvgIpc) is 2.02. The maximum Gasteiger partial charge on any atom is 0.206 e. The van der Waals surface area contributed by atoms with Gasteiger partial charge < -0.3 is 5.73 Å². The van der Waals surface area contributed by atoms with Gasteiger partial charge in [0.05, 0.1) is 0 Å². The number of halogens is 7. The van der Waals surface area contributed by atoms with E-state index in [-0.39, 0.29) is 3.23 Å². The van der Waals surface area contributed by atoms with E-state index in [1.165, 1.54) is 0 Å². The molecule has 14 heavy (non-hydrogen) atoms. The molecule has 86 valence electrons. The summed E-state index contributed by atoms with van der Waals surface area (Å²) in [5, 5.41) is 0. The Morgan fingerprint density at radius 1 is 1.00 bits per heavy atom. The van der Waals surface area contributed by atoms with Crippen LogP contribution in [0.3, 0.4) is 0 Å². The van der Waals surface area contributed by atoms with Crippen LogP contribution >= 0.6 is 159 Å². The molecule has 0 aliphatic rings. The first-order valence-corrected chi connectivity index (χ1v) is 10.4. The van der Waals surface area contributed by atoms with Crippen LogP contribution in [0.2, 0.25) is 0 Å². The number of alkyl halides is 4. The van der Waals surface area contributed by atoms with Crippen LogP contribution in [0, 0.1) is 0 Å². The first kappa shape index (κ1) is 19.0. The summed E-state index contributed by atoms with van der Waals surface area (Å²) in [5.41, 5.74) is 5.61. The highest BCUT2D eigenvalue weighted by atomic mass is 127. The molecule has 0 aromatic carbocycles. The lowest BCUT2D eigenvalue weighted by Gasteiger charge is -2.40. The quantitative estimate of drug-likeness (QED) is 0.139. The highest BCUT2D eigenvalue weighted by Crippen LogP contribution is 2.52. The van der Waals surface area contributed by atoms with Crippen LogP contribution in [-0.2, 0) is 0 Å². The molecule has 0 spiro atoms. The summed E-state index contributed by atoms with van der Waals surface area (Å²) < 4.78 is 4.39. The molecular formula is C4H6I7N3. The molecule has 0 aromatic heterocycles. The molecule has 0 rings (SSSR count). The lowest BCUT2D eigenvalue weighted by Crippen LogP contribution is -2.46. The van der Waals surface area contributed by atoms with Crippen LogP contribution in [0.4, 0.5) is 0 Å². The predicted molar refractivity (Wildman–Crippen MR) is 121 cm³/mol. The molecule has 0 aliphatic carbocycles. The molecule has 0 aliphatic heterocycles. The summed E-state index contributed by atoms with van der Waals surface area (Å²) in [5.74, 6) is 0. The van der Waals surface area contributed by atoms with Gasteiger partial charge in [0, 0.05) is 68.6 Å². The van der Waals surface area contributed by atoms with E-state index in [4.69, 9.17) is 5.73 Å². The minimum Gasteiger partial charge on any atom is -0.330 e. The lowest BCUT2D eigenvalue weighted by atomic mass is 10.4. The van der Waals surface area contributed by atoms with Gasteiger partial charge in [-0.1, -0.05) is 0 Å². The van der Waals surface area contributed by atoms with Crippen molar-refractivity contribution in [2.75, 3.05) is 6.54 Å². The number of hydrogen-bond donors (Lipinski definition) is 1. The maximum atomic E-state index is 5.61. The third-order valence-corrected chi connectivity index (χ3v) is 15.4. The molecule has 0 fully saturated rings. The molecule has 0 radical (unpaired) electrons. The number of nitrogens with zero attached hydrogens (tertiary/aromatic N) is 2. The van der Waals surface area contributed by atoms with E-state index in [1.807, 2.05) is 0 Å². The Labute approximate surface area is 181 Å². The third kappa shape index (κ3) is 5.96. The zero-order chi connectivity index (χ0) is 11.6. The second-order valence-electron chi connectivity index (χ2n) is 2.23. The van der Waals surface area contributed by atoms with Crippen LogP contribution in [0.5, 0.6) is 0 Å². The minimum absolute atomic E-state index is 0.0435. The fraction of sp³-hybridized carbons (Fsp3) is 1.00. The van der Waals surface area contributed by atoms with E-state index < -0.39 is 0 Å². The van der Waals surface area contributed by atoms with E-state index >= 15 is 0 Å². The Balaban J connectivity index is 4.66. The first-order chi connectivity index (χ1) is 6.16. The Kier molecular flexibility index (Phi) is 11.3. The van der Waals surface area contributed by atoms with Crippen molar-refractivity contribution in [1.29, 1.82) is 0 Å². The molecule has 0 heterocycles. The van der Waals surface area contributed by atoms with Gasteiger partial charge in [-0.3, -0.25) is 0 Å². The Morgan fingerprint density at radius 3 is 1.71 bits per heavy atom. The topological polar surface area (TPSA) is 32.5 Å². The van der Waals surface area contributed by atoms with Gasteiger partial charge in [-0.15, -0.1) is 1.33 Å². The van der Waals surface area contributed by atoms with Gasteiger partial charge in [-0.25, -0.2) is 0 Å². The fourth-order valence-electron chi connectivity index (χ4n) is 0.535. The van der Waals surface area contributed by atoms with Crippen LogP contribution in [0.15, 0.2) is 0 Å². The molecule has 10 heteroatoms. The molecule has 0 saturated heterocycles. The number of hydrogen-bond acceptors (Lipinski definition) is 3. The molecular weight excluding hydrogens is 978 g/mol. The fourth-order valence-corrected chi connectivity index (χ4v) is 6.24. The highest BCUT2D eigenvalue weighted by Gasteiger charge is 2.44. The SMILES string of the molecule is NCCC(I)(I)N(I)C(I)(I)N(I)I. The van der Waals surface area contributed by atoms with Gasteiger partial charge >= 0.3 is 0 Å². The van der Waals surface area contributed by atoms with Crippen LogP contribution in [0.25, 0.3) is 0 Å². The van der Waals surface area contributed by atoms with Gasteiger partial charge in [0.1, 0.15) is 1.55 Å². The van der Waals surface area contributed by atoms with Crippen molar-refractivity contribution in [3.05, 3.63) is 0 Å². The second kappa shape index (κ2) is 8.32. The Morgan fingerprint density at radius 2 is 1.43 bits per heavy atom. The Hall–Kier alpha value is 4.99. The van der Waals surface area contributed by atoms with Gasteiger partial charge in [0.2, 0.25) is 1.68 Å².